The minimum atomic E-state index is -0.494. The lowest BCUT2D eigenvalue weighted by Gasteiger charge is -2.20. The van der Waals surface area contributed by atoms with Gasteiger partial charge in [0.2, 0.25) is 0 Å². The second kappa shape index (κ2) is 6.13. The molecule has 1 heterocycles. The third-order valence-electron chi connectivity index (χ3n) is 3.41. The highest BCUT2D eigenvalue weighted by Crippen LogP contribution is 2.16. The average Bonchev–Trinajstić information content (AvgIpc) is 2.80. The monoisotopic (exact) mass is 279 g/mol. The van der Waals surface area contributed by atoms with Gasteiger partial charge in [0, 0.05) is 30.9 Å². The molecule has 0 saturated heterocycles. The van der Waals surface area contributed by atoms with E-state index < -0.39 is 11.6 Å². The zero-order valence-electron chi connectivity index (χ0n) is 11.9. The Labute approximate surface area is 117 Å². The first-order chi connectivity index (χ1) is 9.49. The van der Waals surface area contributed by atoms with E-state index in [1.807, 2.05) is 27.0 Å². The Morgan fingerprint density at radius 2 is 1.85 bits per heavy atom. The molecule has 20 heavy (non-hydrogen) atoms. The Hall–Kier alpha value is -1.75. The van der Waals surface area contributed by atoms with Crippen LogP contribution in [-0.4, -0.2) is 15.8 Å². The SMILES string of the molecule is CC(Cc1c(F)cccc1F)NC(C)c1ccnn1C. The van der Waals surface area contributed by atoms with Crippen molar-refractivity contribution < 1.29 is 8.78 Å². The number of nitrogens with one attached hydrogen (secondary N) is 1. The molecule has 0 aliphatic rings. The first kappa shape index (κ1) is 14.7. The molecular weight excluding hydrogens is 260 g/mol. The lowest BCUT2D eigenvalue weighted by atomic mass is 10.0. The van der Waals surface area contributed by atoms with Gasteiger partial charge in [0.15, 0.2) is 0 Å². The molecule has 0 aliphatic carbocycles. The summed E-state index contributed by atoms with van der Waals surface area (Å²) in [5.74, 6) is -0.987. The predicted octanol–water partition coefficient (Wildman–Crippen LogP) is 2.98. The molecule has 0 bridgehead atoms. The van der Waals surface area contributed by atoms with Gasteiger partial charge in [-0.15, -0.1) is 0 Å². The van der Waals surface area contributed by atoms with E-state index in [0.717, 1.165) is 5.69 Å². The average molecular weight is 279 g/mol. The van der Waals surface area contributed by atoms with Gasteiger partial charge < -0.3 is 5.32 Å². The molecule has 0 fully saturated rings. The molecular formula is C15H19F2N3. The van der Waals surface area contributed by atoms with Gasteiger partial charge >= 0.3 is 0 Å². The highest BCUT2D eigenvalue weighted by atomic mass is 19.1. The summed E-state index contributed by atoms with van der Waals surface area (Å²) >= 11 is 0. The lowest BCUT2D eigenvalue weighted by molar-refractivity contribution is 0.441. The van der Waals surface area contributed by atoms with Crippen LogP contribution in [0.1, 0.15) is 31.1 Å². The predicted molar refractivity (Wildman–Crippen MR) is 74.3 cm³/mol. The van der Waals surface area contributed by atoms with Crippen molar-refractivity contribution in [3.8, 4) is 0 Å². The van der Waals surface area contributed by atoms with Crippen LogP contribution in [0.15, 0.2) is 30.5 Å². The molecule has 0 saturated carbocycles. The molecule has 1 N–H and O–H groups in total. The Kier molecular flexibility index (Phi) is 4.49. The molecule has 0 spiro atoms. The van der Waals surface area contributed by atoms with Gasteiger partial charge in [-0.25, -0.2) is 8.78 Å². The van der Waals surface area contributed by atoms with Crippen LogP contribution in [0.4, 0.5) is 8.78 Å². The van der Waals surface area contributed by atoms with Gasteiger partial charge in [0.1, 0.15) is 11.6 Å². The van der Waals surface area contributed by atoms with Crippen LogP contribution in [-0.2, 0) is 13.5 Å². The van der Waals surface area contributed by atoms with Gasteiger partial charge in [0.25, 0.3) is 0 Å². The van der Waals surface area contributed by atoms with E-state index in [-0.39, 0.29) is 17.6 Å². The summed E-state index contributed by atoms with van der Waals surface area (Å²) in [4.78, 5) is 0. The number of halogens is 2. The van der Waals surface area contributed by atoms with Crippen LogP contribution >= 0.6 is 0 Å². The smallest absolute Gasteiger partial charge is 0.129 e. The molecule has 2 unspecified atom stereocenters. The van der Waals surface area contributed by atoms with Crippen molar-refractivity contribution in [3.05, 3.63) is 53.4 Å². The molecule has 1 aromatic heterocycles. The van der Waals surface area contributed by atoms with Crippen molar-refractivity contribution in [3.63, 3.8) is 0 Å². The summed E-state index contributed by atoms with van der Waals surface area (Å²) in [6.45, 7) is 3.92. The molecule has 2 rings (SSSR count). The second-order valence-corrected chi connectivity index (χ2v) is 5.07. The minimum absolute atomic E-state index is 0.0497. The molecule has 1 aromatic carbocycles. The minimum Gasteiger partial charge on any atom is -0.306 e. The number of rotatable bonds is 5. The third-order valence-corrected chi connectivity index (χ3v) is 3.41. The highest BCUT2D eigenvalue weighted by Gasteiger charge is 2.16. The van der Waals surface area contributed by atoms with E-state index in [0.29, 0.717) is 6.42 Å². The fourth-order valence-electron chi connectivity index (χ4n) is 2.41. The molecule has 108 valence electrons. The maximum atomic E-state index is 13.6. The summed E-state index contributed by atoms with van der Waals surface area (Å²) in [6.07, 6.45) is 2.04. The molecule has 0 amide bonds. The van der Waals surface area contributed by atoms with E-state index in [1.54, 1.807) is 10.9 Å². The number of aromatic nitrogens is 2. The van der Waals surface area contributed by atoms with Crippen LogP contribution in [0.5, 0.6) is 0 Å². The van der Waals surface area contributed by atoms with Gasteiger partial charge in [-0.3, -0.25) is 4.68 Å². The zero-order valence-corrected chi connectivity index (χ0v) is 11.9. The Morgan fingerprint density at radius 3 is 2.40 bits per heavy atom. The molecule has 3 nitrogen and oxygen atoms in total. The van der Waals surface area contributed by atoms with E-state index in [4.69, 9.17) is 0 Å². The van der Waals surface area contributed by atoms with Crippen LogP contribution in [0.3, 0.4) is 0 Å². The number of benzene rings is 1. The number of hydrogen-bond acceptors (Lipinski definition) is 2. The number of nitrogens with zero attached hydrogens (tertiary/aromatic N) is 2. The first-order valence-electron chi connectivity index (χ1n) is 6.66. The van der Waals surface area contributed by atoms with Gasteiger partial charge in [-0.05, 0) is 38.5 Å². The van der Waals surface area contributed by atoms with Crippen LogP contribution in [0, 0.1) is 11.6 Å². The highest BCUT2D eigenvalue weighted by molar-refractivity contribution is 5.20. The van der Waals surface area contributed by atoms with E-state index in [9.17, 15) is 8.78 Å². The summed E-state index contributed by atoms with van der Waals surface area (Å²) in [6, 6.07) is 5.89. The first-order valence-corrected chi connectivity index (χ1v) is 6.66. The van der Waals surface area contributed by atoms with Crippen molar-refractivity contribution in [1.82, 2.24) is 15.1 Å². The number of aryl methyl sites for hydroxylation is 1. The quantitative estimate of drug-likeness (QED) is 0.912. The largest absolute Gasteiger partial charge is 0.306 e. The molecule has 5 heteroatoms. The van der Waals surface area contributed by atoms with Crippen molar-refractivity contribution in [2.24, 2.45) is 7.05 Å². The van der Waals surface area contributed by atoms with Gasteiger partial charge in [-0.1, -0.05) is 6.07 Å². The summed E-state index contributed by atoms with van der Waals surface area (Å²) in [7, 11) is 1.87. The molecule has 2 aromatic rings. The fourth-order valence-corrected chi connectivity index (χ4v) is 2.41. The topological polar surface area (TPSA) is 29.9 Å². The van der Waals surface area contributed by atoms with Gasteiger partial charge in [-0.2, -0.15) is 5.10 Å². The summed E-state index contributed by atoms with van der Waals surface area (Å²) < 4.78 is 29.0. The van der Waals surface area contributed by atoms with E-state index in [2.05, 4.69) is 10.4 Å². The van der Waals surface area contributed by atoms with Crippen molar-refractivity contribution in [2.75, 3.05) is 0 Å². The summed E-state index contributed by atoms with van der Waals surface area (Å²) in [5.41, 5.74) is 1.16. The fraction of sp³-hybridized carbons (Fsp3) is 0.400. The second-order valence-electron chi connectivity index (χ2n) is 5.07. The Morgan fingerprint density at radius 1 is 1.20 bits per heavy atom. The standard InChI is InChI=1S/C15H19F2N3/c1-10(9-12-13(16)5-4-6-14(12)17)19-11(2)15-7-8-18-20(15)3/h4-8,10-11,19H,9H2,1-3H3. The van der Waals surface area contributed by atoms with Gasteiger partial charge in [0.05, 0.1) is 5.69 Å². The molecule has 0 radical (unpaired) electrons. The summed E-state index contributed by atoms with van der Waals surface area (Å²) in [5, 5.41) is 7.45. The Bertz CT molecular complexity index is 560. The van der Waals surface area contributed by atoms with Crippen molar-refractivity contribution >= 4 is 0 Å². The maximum absolute atomic E-state index is 13.6. The lowest BCUT2D eigenvalue weighted by Crippen LogP contribution is -2.32. The Balaban J connectivity index is 2.02. The third kappa shape index (κ3) is 3.22. The molecule has 0 aliphatic heterocycles. The van der Waals surface area contributed by atoms with Crippen LogP contribution < -0.4 is 5.32 Å². The van der Waals surface area contributed by atoms with Crippen LogP contribution in [0.2, 0.25) is 0 Å². The maximum Gasteiger partial charge on any atom is 0.129 e. The van der Waals surface area contributed by atoms with Crippen molar-refractivity contribution in [2.45, 2.75) is 32.4 Å². The van der Waals surface area contributed by atoms with Crippen molar-refractivity contribution in [1.29, 1.82) is 0 Å². The zero-order chi connectivity index (χ0) is 14.7. The molecule has 2 atom stereocenters. The van der Waals surface area contributed by atoms with Crippen LogP contribution in [0.25, 0.3) is 0 Å². The van der Waals surface area contributed by atoms with E-state index in [1.165, 1.54) is 18.2 Å². The number of hydrogen-bond donors (Lipinski definition) is 1. The van der Waals surface area contributed by atoms with E-state index >= 15 is 0 Å². The normalized spacial score (nSPS) is 14.2.